The Bertz CT molecular complexity index is 303. The summed E-state index contributed by atoms with van der Waals surface area (Å²) >= 11 is 0. The molecule has 3 heteroatoms. The molecule has 0 aromatic carbocycles. The first-order chi connectivity index (χ1) is 12.6. The van der Waals surface area contributed by atoms with Crippen LogP contribution in [0.4, 0.5) is 0 Å². The van der Waals surface area contributed by atoms with Crippen LogP contribution in [0.2, 0.25) is 24.7 Å². The molecule has 0 atom stereocenters. The molecule has 0 spiro atoms. The van der Waals surface area contributed by atoms with Gasteiger partial charge in [0.1, 0.15) is 0 Å². The van der Waals surface area contributed by atoms with Crippen molar-refractivity contribution in [1.82, 2.24) is 0 Å². The lowest BCUT2D eigenvalue weighted by Gasteiger charge is -2.36. The highest BCUT2D eigenvalue weighted by Gasteiger charge is 2.32. The molecule has 0 saturated carbocycles. The Morgan fingerprint density at radius 1 is 0.654 bits per heavy atom. The minimum atomic E-state index is -0.624. The Kier molecular flexibility index (Phi) is 15.0. The summed E-state index contributed by atoms with van der Waals surface area (Å²) in [6, 6.07) is 4.89. The van der Waals surface area contributed by atoms with Crippen LogP contribution >= 0.6 is 0 Å². The van der Waals surface area contributed by atoms with Crippen molar-refractivity contribution < 1.29 is 9.47 Å². The fourth-order valence-electron chi connectivity index (χ4n) is 3.96. The van der Waals surface area contributed by atoms with Crippen molar-refractivity contribution in [2.45, 2.75) is 128 Å². The fraction of sp³-hybridized carbons (Fsp3) is 1.00. The standard InChI is InChI=1S/C23H48O2Si/c1-23(2)25-19-15-18-24-17-13-11-9-7-5-4-6-8-10-12-14-20-26(3)21-16-22-26/h23H,4-22H2,1-3H3. The highest BCUT2D eigenvalue weighted by molar-refractivity contribution is 6.81. The molecule has 0 amide bonds. The van der Waals surface area contributed by atoms with Crippen molar-refractivity contribution in [2.75, 3.05) is 19.8 Å². The first kappa shape index (κ1) is 24.2. The Morgan fingerprint density at radius 3 is 1.65 bits per heavy atom. The number of hydrogen-bond acceptors (Lipinski definition) is 2. The molecule has 0 N–H and O–H groups in total. The van der Waals surface area contributed by atoms with E-state index < -0.39 is 8.07 Å². The zero-order valence-corrected chi connectivity index (χ0v) is 19.3. The van der Waals surface area contributed by atoms with Gasteiger partial charge in [0.15, 0.2) is 0 Å². The number of hydrogen-bond donors (Lipinski definition) is 0. The molecule has 0 aliphatic carbocycles. The minimum absolute atomic E-state index is 0.344. The second-order valence-electron chi connectivity index (χ2n) is 9.19. The van der Waals surface area contributed by atoms with Crippen LogP contribution in [0.25, 0.3) is 0 Å². The molecule has 0 radical (unpaired) electrons. The van der Waals surface area contributed by atoms with Gasteiger partial charge in [-0.15, -0.1) is 0 Å². The van der Waals surface area contributed by atoms with Gasteiger partial charge in [0.05, 0.1) is 14.2 Å². The molecule has 0 unspecified atom stereocenters. The monoisotopic (exact) mass is 384 g/mol. The molecule has 26 heavy (non-hydrogen) atoms. The van der Waals surface area contributed by atoms with E-state index in [0.717, 1.165) is 26.2 Å². The largest absolute Gasteiger partial charge is 0.381 e. The lowest BCUT2D eigenvalue weighted by molar-refractivity contribution is 0.0507. The summed E-state index contributed by atoms with van der Waals surface area (Å²) in [6.45, 7) is 9.42. The lowest BCUT2D eigenvalue weighted by atomic mass is 10.1. The van der Waals surface area contributed by atoms with E-state index in [4.69, 9.17) is 9.47 Å². The third-order valence-electron chi connectivity index (χ3n) is 6.01. The summed E-state index contributed by atoms with van der Waals surface area (Å²) in [6.07, 6.45) is 18.7. The topological polar surface area (TPSA) is 18.5 Å². The van der Waals surface area contributed by atoms with E-state index in [1.165, 1.54) is 70.6 Å². The first-order valence-corrected chi connectivity index (χ1v) is 14.9. The van der Waals surface area contributed by atoms with Gasteiger partial charge in [-0.05, 0) is 26.7 Å². The number of unbranched alkanes of at least 4 members (excludes halogenated alkanes) is 10. The molecule has 1 aliphatic rings. The predicted octanol–water partition coefficient (Wildman–Crippen LogP) is 7.59. The molecule has 1 aliphatic heterocycles. The summed E-state index contributed by atoms with van der Waals surface area (Å²) in [5, 5.41) is 0. The molecule has 0 aromatic rings. The molecule has 1 saturated heterocycles. The summed E-state index contributed by atoms with van der Waals surface area (Å²) in [7, 11) is -0.624. The van der Waals surface area contributed by atoms with Crippen molar-refractivity contribution in [1.29, 1.82) is 0 Å². The van der Waals surface area contributed by atoms with Gasteiger partial charge >= 0.3 is 0 Å². The average molecular weight is 385 g/mol. The third-order valence-corrected chi connectivity index (χ3v) is 10.7. The average Bonchev–Trinajstić information content (AvgIpc) is 2.59. The summed E-state index contributed by atoms with van der Waals surface area (Å²) in [5.74, 6) is 0. The smallest absolute Gasteiger partial charge is 0.0518 e. The molecule has 0 aromatic heterocycles. The van der Waals surface area contributed by atoms with E-state index >= 15 is 0 Å². The highest BCUT2D eigenvalue weighted by Crippen LogP contribution is 2.36. The van der Waals surface area contributed by atoms with Crippen molar-refractivity contribution >= 4 is 8.07 Å². The van der Waals surface area contributed by atoms with E-state index in [-0.39, 0.29) is 0 Å². The highest BCUT2D eigenvalue weighted by atomic mass is 28.3. The third kappa shape index (κ3) is 14.2. The van der Waals surface area contributed by atoms with E-state index in [1.807, 2.05) is 0 Å². The van der Waals surface area contributed by atoms with Gasteiger partial charge in [-0.25, -0.2) is 0 Å². The van der Waals surface area contributed by atoms with E-state index in [1.54, 1.807) is 24.6 Å². The maximum atomic E-state index is 5.66. The van der Waals surface area contributed by atoms with E-state index in [9.17, 15) is 0 Å². The summed E-state index contributed by atoms with van der Waals surface area (Å²) < 4.78 is 11.2. The van der Waals surface area contributed by atoms with Crippen LogP contribution in [0.3, 0.4) is 0 Å². The van der Waals surface area contributed by atoms with Crippen LogP contribution in [0.1, 0.15) is 97.3 Å². The Morgan fingerprint density at radius 2 is 1.15 bits per heavy atom. The Labute approximate surface area is 165 Å². The fourth-order valence-corrected chi connectivity index (χ4v) is 7.12. The van der Waals surface area contributed by atoms with Crippen LogP contribution in [0, 0.1) is 0 Å². The van der Waals surface area contributed by atoms with Crippen molar-refractivity contribution in [3.8, 4) is 0 Å². The van der Waals surface area contributed by atoms with Crippen molar-refractivity contribution in [3.05, 3.63) is 0 Å². The van der Waals surface area contributed by atoms with Crippen molar-refractivity contribution in [2.24, 2.45) is 0 Å². The van der Waals surface area contributed by atoms with Gasteiger partial charge in [0, 0.05) is 19.8 Å². The van der Waals surface area contributed by atoms with Gasteiger partial charge in [0.2, 0.25) is 0 Å². The second kappa shape index (κ2) is 16.1. The molecule has 1 heterocycles. The molecule has 1 rings (SSSR count). The first-order valence-electron chi connectivity index (χ1n) is 11.8. The maximum absolute atomic E-state index is 5.66. The van der Waals surface area contributed by atoms with Crippen LogP contribution in [-0.4, -0.2) is 34.0 Å². The summed E-state index contributed by atoms with van der Waals surface area (Å²) in [5.41, 5.74) is 0. The predicted molar refractivity (Wildman–Crippen MR) is 118 cm³/mol. The number of rotatable bonds is 19. The Balaban J connectivity index is 1.65. The van der Waals surface area contributed by atoms with Crippen LogP contribution < -0.4 is 0 Å². The molecular formula is C23H48O2Si. The molecule has 1 fully saturated rings. The molecule has 2 nitrogen and oxygen atoms in total. The van der Waals surface area contributed by atoms with Gasteiger partial charge in [0.25, 0.3) is 0 Å². The maximum Gasteiger partial charge on any atom is 0.0518 e. The second-order valence-corrected chi connectivity index (χ2v) is 14.3. The zero-order chi connectivity index (χ0) is 18.9. The van der Waals surface area contributed by atoms with Crippen molar-refractivity contribution in [3.63, 3.8) is 0 Å². The van der Waals surface area contributed by atoms with Crippen LogP contribution in [0.5, 0.6) is 0 Å². The molecular weight excluding hydrogens is 336 g/mol. The minimum Gasteiger partial charge on any atom is -0.381 e. The molecule has 0 bridgehead atoms. The van der Waals surface area contributed by atoms with Crippen LogP contribution in [-0.2, 0) is 9.47 Å². The quantitative estimate of drug-likeness (QED) is 0.169. The summed E-state index contributed by atoms with van der Waals surface area (Å²) in [4.78, 5) is 0. The van der Waals surface area contributed by atoms with E-state index in [0.29, 0.717) is 6.10 Å². The number of ether oxygens (including phenoxy) is 2. The Hall–Kier alpha value is 0.137. The van der Waals surface area contributed by atoms with Gasteiger partial charge in [-0.1, -0.05) is 95.3 Å². The van der Waals surface area contributed by atoms with Gasteiger partial charge in [-0.3, -0.25) is 0 Å². The van der Waals surface area contributed by atoms with E-state index in [2.05, 4.69) is 20.4 Å². The van der Waals surface area contributed by atoms with Crippen LogP contribution in [0.15, 0.2) is 0 Å². The SMILES string of the molecule is CC(C)OCCCOCCCCCCCCCCCCC[Si]1(C)CCC1. The van der Waals surface area contributed by atoms with Gasteiger partial charge in [-0.2, -0.15) is 0 Å². The zero-order valence-electron chi connectivity index (χ0n) is 18.3. The van der Waals surface area contributed by atoms with Gasteiger partial charge < -0.3 is 9.47 Å². The molecule has 156 valence electrons. The normalized spacial score (nSPS) is 16.2. The lowest BCUT2D eigenvalue weighted by Crippen LogP contribution is -2.37.